The van der Waals surface area contributed by atoms with E-state index < -0.39 is 11.0 Å². The molecule has 0 aromatic heterocycles. The summed E-state index contributed by atoms with van der Waals surface area (Å²) in [6.07, 6.45) is 4.91. The SMILES string of the molecule is CC.CC.CNC(=O)C1CCC(CN2C(=O)C=CS2=O)CC1. The van der Waals surface area contributed by atoms with Crippen LogP contribution in [-0.4, -0.2) is 33.9 Å². The molecule has 2 amide bonds. The third kappa shape index (κ3) is 5.91. The molecule has 1 atom stereocenters. The molecule has 0 spiro atoms. The molecule has 2 aliphatic rings. The molecular formula is C16H30N2O3S. The van der Waals surface area contributed by atoms with Crippen LogP contribution in [0, 0.1) is 11.8 Å². The van der Waals surface area contributed by atoms with Crippen LogP contribution in [0.3, 0.4) is 0 Å². The van der Waals surface area contributed by atoms with E-state index in [0.717, 1.165) is 25.7 Å². The van der Waals surface area contributed by atoms with E-state index in [-0.39, 0.29) is 17.7 Å². The van der Waals surface area contributed by atoms with Crippen LogP contribution in [0.2, 0.25) is 0 Å². The molecule has 1 heterocycles. The van der Waals surface area contributed by atoms with E-state index in [1.165, 1.54) is 15.8 Å². The van der Waals surface area contributed by atoms with Crippen molar-refractivity contribution in [2.75, 3.05) is 13.6 Å². The number of rotatable bonds is 3. The van der Waals surface area contributed by atoms with Crippen molar-refractivity contribution in [1.29, 1.82) is 0 Å². The monoisotopic (exact) mass is 330 g/mol. The minimum Gasteiger partial charge on any atom is -0.359 e. The minimum absolute atomic E-state index is 0.101. The van der Waals surface area contributed by atoms with E-state index in [0.29, 0.717) is 12.5 Å². The number of nitrogens with one attached hydrogen (secondary N) is 1. The van der Waals surface area contributed by atoms with E-state index in [2.05, 4.69) is 5.32 Å². The van der Waals surface area contributed by atoms with Gasteiger partial charge in [-0.2, -0.15) is 0 Å². The van der Waals surface area contributed by atoms with Crippen molar-refractivity contribution in [3.8, 4) is 0 Å². The van der Waals surface area contributed by atoms with Crippen LogP contribution < -0.4 is 5.32 Å². The lowest BCUT2D eigenvalue weighted by Gasteiger charge is -2.29. The lowest BCUT2D eigenvalue weighted by atomic mass is 9.81. The van der Waals surface area contributed by atoms with Gasteiger partial charge >= 0.3 is 0 Å². The lowest BCUT2D eigenvalue weighted by molar-refractivity contribution is -0.126. The highest BCUT2D eigenvalue weighted by atomic mass is 32.2. The van der Waals surface area contributed by atoms with Gasteiger partial charge in [-0.25, -0.2) is 4.21 Å². The highest BCUT2D eigenvalue weighted by molar-refractivity contribution is 7.86. The quantitative estimate of drug-likeness (QED) is 0.865. The molecule has 22 heavy (non-hydrogen) atoms. The maximum Gasteiger partial charge on any atom is 0.259 e. The van der Waals surface area contributed by atoms with Gasteiger partial charge in [-0.1, -0.05) is 27.7 Å². The topological polar surface area (TPSA) is 66.5 Å². The zero-order valence-electron chi connectivity index (χ0n) is 14.4. The average molecular weight is 330 g/mol. The number of hydrogen-bond acceptors (Lipinski definition) is 3. The standard InChI is InChI=1S/C12H18N2O3S.2C2H6/c1-13-12(16)10-4-2-9(3-5-10)8-14-11(15)6-7-18(14)17;2*1-2/h6-7,9-10H,2-5,8H2,1H3,(H,13,16);2*1-2H3. The van der Waals surface area contributed by atoms with Crippen LogP contribution in [0.1, 0.15) is 53.4 Å². The molecule has 1 unspecified atom stereocenters. The van der Waals surface area contributed by atoms with Crippen LogP contribution >= 0.6 is 0 Å². The Morgan fingerprint density at radius 2 is 1.77 bits per heavy atom. The maximum absolute atomic E-state index is 11.5. The first-order valence-electron chi connectivity index (χ1n) is 8.23. The second kappa shape index (κ2) is 11.4. The molecule has 1 saturated carbocycles. The van der Waals surface area contributed by atoms with Crippen LogP contribution in [0.5, 0.6) is 0 Å². The Bertz CT molecular complexity index is 384. The van der Waals surface area contributed by atoms with Crippen molar-refractivity contribution < 1.29 is 13.8 Å². The largest absolute Gasteiger partial charge is 0.359 e. The van der Waals surface area contributed by atoms with Crippen molar-refractivity contribution in [3.05, 3.63) is 11.5 Å². The zero-order chi connectivity index (χ0) is 17.1. The first-order valence-corrected chi connectivity index (χ1v) is 9.40. The van der Waals surface area contributed by atoms with Gasteiger partial charge in [0.25, 0.3) is 5.91 Å². The number of hydrogen-bond donors (Lipinski definition) is 1. The molecule has 1 aliphatic heterocycles. The Hall–Kier alpha value is -1.17. The molecule has 0 aromatic rings. The molecule has 1 N–H and O–H groups in total. The molecule has 6 heteroatoms. The highest BCUT2D eigenvalue weighted by Crippen LogP contribution is 2.30. The summed E-state index contributed by atoms with van der Waals surface area (Å²) in [5.74, 6) is 0.403. The van der Waals surface area contributed by atoms with E-state index >= 15 is 0 Å². The Balaban J connectivity index is 0.00000102. The first-order chi connectivity index (χ1) is 10.6. The van der Waals surface area contributed by atoms with E-state index in [9.17, 15) is 13.8 Å². The molecule has 5 nitrogen and oxygen atoms in total. The van der Waals surface area contributed by atoms with Crippen molar-refractivity contribution in [3.63, 3.8) is 0 Å². The van der Waals surface area contributed by atoms with Gasteiger partial charge in [-0.05, 0) is 31.6 Å². The zero-order valence-corrected chi connectivity index (χ0v) is 15.2. The maximum atomic E-state index is 11.5. The molecule has 0 aromatic carbocycles. The van der Waals surface area contributed by atoms with E-state index in [4.69, 9.17) is 0 Å². The fraction of sp³-hybridized carbons (Fsp3) is 0.750. The molecule has 0 radical (unpaired) electrons. The van der Waals surface area contributed by atoms with Crippen LogP contribution in [0.25, 0.3) is 0 Å². The van der Waals surface area contributed by atoms with Crippen LogP contribution in [0.15, 0.2) is 11.5 Å². The van der Waals surface area contributed by atoms with Gasteiger partial charge in [0.2, 0.25) is 5.91 Å². The number of nitrogens with zero attached hydrogens (tertiary/aromatic N) is 1. The summed E-state index contributed by atoms with van der Waals surface area (Å²) in [7, 11) is 0.371. The first kappa shape index (κ1) is 20.8. The Kier molecular flexibility index (Phi) is 10.8. The van der Waals surface area contributed by atoms with Gasteiger partial charge in [-0.3, -0.25) is 13.9 Å². The smallest absolute Gasteiger partial charge is 0.259 e. The van der Waals surface area contributed by atoms with Crippen molar-refractivity contribution in [1.82, 2.24) is 9.62 Å². The normalized spacial score (nSPS) is 26.5. The Labute approximate surface area is 137 Å². The van der Waals surface area contributed by atoms with E-state index in [1.54, 1.807) is 7.05 Å². The molecule has 2 rings (SSSR count). The molecule has 128 valence electrons. The number of amides is 2. The second-order valence-electron chi connectivity index (χ2n) is 4.81. The van der Waals surface area contributed by atoms with Crippen LogP contribution in [-0.2, 0) is 20.6 Å². The molecular weight excluding hydrogens is 300 g/mol. The minimum atomic E-state index is -1.29. The van der Waals surface area contributed by atoms with Gasteiger partial charge in [0.15, 0.2) is 0 Å². The summed E-state index contributed by atoms with van der Waals surface area (Å²) in [5.41, 5.74) is 0. The summed E-state index contributed by atoms with van der Waals surface area (Å²) in [6.45, 7) is 8.54. The third-order valence-electron chi connectivity index (χ3n) is 3.68. The summed E-state index contributed by atoms with van der Waals surface area (Å²) >= 11 is 0. The van der Waals surface area contributed by atoms with Crippen molar-refractivity contribution in [2.45, 2.75) is 53.4 Å². The number of carbonyl (C=O) groups is 2. The van der Waals surface area contributed by atoms with Gasteiger partial charge < -0.3 is 5.32 Å². The molecule has 1 aliphatic carbocycles. The summed E-state index contributed by atoms with van der Waals surface area (Å²) in [6, 6.07) is 0. The average Bonchev–Trinajstić information content (AvgIpc) is 2.90. The van der Waals surface area contributed by atoms with Crippen molar-refractivity contribution >= 4 is 22.8 Å². The molecule has 0 bridgehead atoms. The Morgan fingerprint density at radius 3 is 2.18 bits per heavy atom. The van der Waals surface area contributed by atoms with E-state index in [1.807, 2.05) is 27.7 Å². The molecule has 1 fully saturated rings. The predicted octanol–water partition coefficient (Wildman–Crippen LogP) is 2.61. The lowest BCUT2D eigenvalue weighted by Crippen LogP contribution is -2.36. The van der Waals surface area contributed by atoms with Gasteiger partial charge in [0.1, 0.15) is 11.0 Å². The van der Waals surface area contributed by atoms with Crippen LogP contribution in [0.4, 0.5) is 0 Å². The van der Waals surface area contributed by atoms with Crippen molar-refractivity contribution in [2.24, 2.45) is 11.8 Å². The van der Waals surface area contributed by atoms with Gasteiger partial charge in [-0.15, -0.1) is 0 Å². The third-order valence-corrected chi connectivity index (χ3v) is 4.81. The predicted molar refractivity (Wildman–Crippen MR) is 91.2 cm³/mol. The fourth-order valence-corrected chi connectivity index (χ4v) is 3.55. The van der Waals surface area contributed by atoms with Gasteiger partial charge in [0.05, 0.1) is 0 Å². The second-order valence-corrected chi connectivity index (χ2v) is 6.08. The summed E-state index contributed by atoms with van der Waals surface area (Å²) in [4.78, 5) is 22.9. The summed E-state index contributed by atoms with van der Waals surface area (Å²) in [5, 5.41) is 4.10. The Morgan fingerprint density at radius 1 is 1.23 bits per heavy atom. The number of carbonyl (C=O) groups excluding carboxylic acids is 2. The summed E-state index contributed by atoms with van der Waals surface area (Å²) < 4.78 is 13.0. The molecule has 0 saturated heterocycles. The fourth-order valence-electron chi connectivity index (χ4n) is 2.57. The van der Waals surface area contributed by atoms with Gasteiger partial charge in [0, 0.05) is 31.0 Å². The highest BCUT2D eigenvalue weighted by Gasteiger charge is 2.30.